The smallest absolute Gasteiger partial charge is 0.140 e. The lowest BCUT2D eigenvalue weighted by molar-refractivity contribution is 0.479. The van der Waals surface area contributed by atoms with Gasteiger partial charge < -0.3 is 10.1 Å². The number of para-hydroxylation sites is 1. The predicted octanol–water partition coefficient (Wildman–Crippen LogP) is 7.39. The fourth-order valence-electron chi connectivity index (χ4n) is 5.92. The second kappa shape index (κ2) is 6.60. The van der Waals surface area contributed by atoms with Crippen molar-refractivity contribution in [2.24, 2.45) is 0 Å². The molecule has 1 aromatic heterocycles. The molecule has 2 heteroatoms. The maximum atomic E-state index is 11.3. The Hall–Kier alpha value is -4.30. The number of phenolic OH excluding ortho intramolecular Hbond substituents is 1. The molecule has 0 amide bonds. The molecule has 33 heavy (non-hydrogen) atoms. The molecule has 0 aliphatic heterocycles. The van der Waals surface area contributed by atoms with Crippen LogP contribution in [0, 0.1) is 0 Å². The Morgan fingerprint density at radius 1 is 0.606 bits per heavy atom. The van der Waals surface area contributed by atoms with Crippen LogP contribution in [0.5, 0.6) is 5.75 Å². The molecule has 0 unspecified atom stereocenters. The number of H-pyrrole nitrogens is 1. The third kappa shape index (κ3) is 2.27. The van der Waals surface area contributed by atoms with Crippen molar-refractivity contribution in [3.8, 4) is 16.9 Å². The maximum absolute atomic E-state index is 11.3. The van der Waals surface area contributed by atoms with Crippen molar-refractivity contribution in [3.05, 3.63) is 138 Å². The lowest BCUT2D eigenvalue weighted by Crippen LogP contribution is -2.28. The highest BCUT2D eigenvalue weighted by atomic mass is 16.3. The minimum Gasteiger partial charge on any atom is -0.506 e. The first-order valence-corrected chi connectivity index (χ1v) is 11.3. The highest BCUT2D eigenvalue weighted by molar-refractivity contribution is 6.18. The van der Waals surface area contributed by atoms with Gasteiger partial charge in [-0.25, -0.2) is 0 Å². The zero-order valence-corrected chi connectivity index (χ0v) is 17.9. The average Bonchev–Trinajstić information content (AvgIpc) is 3.40. The van der Waals surface area contributed by atoms with Crippen LogP contribution in [0.1, 0.15) is 22.3 Å². The van der Waals surface area contributed by atoms with Crippen molar-refractivity contribution >= 4 is 21.8 Å². The van der Waals surface area contributed by atoms with Crippen LogP contribution in [0.2, 0.25) is 0 Å². The summed E-state index contributed by atoms with van der Waals surface area (Å²) in [6.45, 7) is 0. The van der Waals surface area contributed by atoms with E-state index in [1.807, 2.05) is 12.1 Å². The standard InChI is InChI=1S/C31H21NO/c33-27-19-25-28(29-23-16-8-10-18-26(23)32-30(27)29)22-15-7-9-17-24(22)31(25,20-11-3-1-4-12-20)21-13-5-2-6-14-21/h1-19,32-33H. The first-order chi connectivity index (χ1) is 16.3. The van der Waals surface area contributed by atoms with Gasteiger partial charge in [-0.1, -0.05) is 103 Å². The number of rotatable bonds is 2. The minimum absolute atomic E-state index is 0.281. The van der Waals surface area contributed by atoms with Gasteiger partial charge in [-0.05, 0) is 45.5 Å². The lowest BCUT2D eigenvalue weighted by Gasteiger charge is -2.33. The molecule has 0 atom stereocenters. The molecule has 0 spiro atoms. The largest absolute Gasteiger partial charge is 0.506 e. The van der Waals surface area contributed by atoms with E-state index in [0.29, 0.717) is 0 Å². The van der Waals surface area contributed by atoms with Gasteiger partial charge in [-0.2, -0.15) is 0 Å². The SMILES string of the molecule is Oc1cc2c(c3c1[nH]c1ccccc13)-c1ccccc1C2(c1ccccc1)c1ccccc1. The molecule has 0 bridgehead atoms. The molecule has 1 aliphatic carbocycles. The fourth-order valence-corrected chi connectivity index (χ4v) is 5.92. The number of nitrogens with one attached hydrogen (secondary N) is 1. The monoisotopic (exact) mass is 423 g/mol. The van der Waals surface area contributed by atoms with E-state index in [9.17, 15) is 5.11 Å². The van der Waals surface area contributed by atoms with Crippen LogP contribution >= 0.6 is 0 Å². The van der Waals surface area contributed by atoms with Gasteiger partial charge in [0.2, 0.25) is 0 Å². The molecule has 5 aromatic carbocycles. The Balaban J connectivity index is 1.76. The first-order valence-electron chi connectivity index (χ1n) is 11.3. The summed E-state index contributed by atoms with van der Waals surface area (Å²) < 4.78 is 0. The van der Waals surface area contributed by atoms with Crippen LogP contribution < -0.4 is 0 Å². The number of phenols is 1. The summed E-state index contributed by atoms with van der Waals surface area (Å²) in [6, 6.07) is 40.3. The number of aromatic nitrogens is 1. The molecule has 1 heterocycles. The molecular weight excluding hydrogens is 402 g/mol. The van der Waals surface area contributed by atoms with Crippen LogP contribution in [-0.2, 0) is 5.41 Å². The fraction of sp³-hybridized carbons (Fsp3) is 0.0323. The zero-order chi connectivity index (χ0) is 22.0. The highest BCUT2D eigenvalue weighted by Gasteiger charge is 2.47. The van der Waals surface area contributed by atoms with Crippen molar-refractivity contribution in [1.29, 1.82) is 0 Å². The summed E-state index contributed by atoms with van der Waals surface area (Å²) in [7, 11) is 0. The number of aromatic hydroxyl groups is 1. The Morgan fingerprint density at radius 3 is 1.94 bits per heavy atom. The van der Waals surface area contributed by atoms with E-state index in [2.05, 4.69) is 108 Å². The highest BCUT2D eigenvalue weighted by Crippen LogP contribution is 2.59. The topological polar surface area (TPSA) is 36.0 Å². The summed E-state index contributed by atoms with van der Waals surface area (Å²) in [4.78, 5) is 3.46. The summed E-state index contributed by atoms with van der Waals surface area (Å²) >= 11 is 0. The van der Waals surface area contributed by atoms with E-state index in [1.54, 1.807) is 0 Å². The van der Waals surface area contributed by atoms with Crippen molar-refractivity contribution in [2.75, 3.05) is 0 Å². The number of fused-ring (bicyclic) bond motifs is 7. The molecule has 0 fully saturated rings. The van der Waals surface area contributed by atoms with E-state index in [1.165, 1.54) is 27.8 Å². The van der Waals surface area contributed by atoms with Gasteiger partial charge in [0, 0.05) is 16.3 Å². The third-order valence-corrected chi connectivity index (χ3v) is 7.18. The molecule has 2 nitrogen and oxygen atoms in total. The van der Waals surface area contributed by atoms with E-state index in [-0.39, 0.29) is 5.75 Å². The van der Waals surface area contributed by atoms with E-state index >= 15 is 0 Å². The average molecular weight is 424 g/mol. The van der Waals surface area contributed by atoms with Gasteiger partial charge in [0.15, 0.2) is 0 Å². The van der Waals surface area contributed by atoms with Crippen molar-refractivity contribution in [2.45, 2.75) is 5.41 Å². The number of hydrogen-bond donors (Lipinski definition) is 2. The molecule has 156 valence electrons. The molecular formula is C31H21NO. The Bertz CT molecular complexity index is 1620. The third-order valence-electron chi connectivity index (χ3n) is 7.18. The Labute approximate surface area is 191 Å². The minimum atomic E-state index is -0.515. The normalized spacial score (nSPS) is 13.8. The predicted molar refractivity (Wildman–Crippen MR) is 135 cm³/mol. The van der Waals surface area contributed by atoms with Crippen molar-refractivity contribution in [1.82, 2.24) is 4.98 Å². The van der Waals surface area contributed by atoms with Gasteiger partial charge in [-0.3, -0.25) is 0 Å². The Morgan fingerprint density at radius 2 is 1.21 bits per heavy atom. The van der Waals surface area contributed by atoms with Crippen LogP contribution in [0.3, 0.4) is 0 Å². The van der Waals surface area contributed by atoms with E-state index in [0.717, 1.165) is 27.4 Å². The van der Waals surface area contributed by atoms with E-state index in [4.69, 9.17) is 0 Å². The van der Waals surface area contributed by atoms with Gasteiger partial charge in [0.25, 0.3) is 0 Å². The van der Waals surface area contributed by atoms with Crippen LogP contribution in [0.4, 0.5) is 0 Å². The molecule has 2 N–H and O–H groups in total. The zero-order valence-electron chi connectivity index (χ0n) is 17.9. The maximum Gasteiger partial charge on any atom is 0.140 e. The number of aromatic amines is 1. The van der Waals surface area contributed by atoms with Crippen LogP contribution in [-0.4, -0.2) is 10.1 Å². The molecule has 7 rings (SSSR count). The van der Waals surface area contributed by atoms with Gasteiger partial charge in [0.05, 0.1) is 10.9 Å². The van der Waals surface area contributed by atoms with Gasteiger partial charge in [-0.15, -0.1) is 0 Å². The van der Waals surface area contributed by atoms with Crippen molar-refractivity contribution < 1.29 is 5.11 Å². The Kier molecular flexibility index (Phi) is 3.66. The number of hydrogen-bond acceptors (Lipinski definition) is 1. The summed E-state index contributed by atoms with van der Waals surface area (Å²) in [5.74, 6) is 0.281. The van der Waals surface area contributed by atoms with Gasteiger partial charge >= 0.3 is 0 Å². The molecule has 0 saturated heterocycles. The quantitative estimate of drug-likeness (QED) is 0.299. The molecule has 0 radical (unpaired) electrons. The summed E-state index contributed by atoms with van der Waals surface area (Å²) in [6.07, 6.45) is 0. The lowest BCUT2D eigenvalue weighted by atomic mass is 9.67. The van der Waals surface area contributed by atoms with E-state index < -0.39 is 5.41 Å². The summed E-state index contributed by atoms with van der Waals surface area (Å²) in [5, 5.41) is 13.5. The first kappa shape index (κ1) is 18.3. The molecule has 0 saturated carbocycles. The number of benzene rings is 5. The van der Waals surface area contributed by atoms with Gasteiger partial charge in [0.1, 0.15) is 5.75 Å². The second-order valence-electron chi connectivity index (χ2n) is 8.77. The molecule has 6 aromatic rings. The van der Waals surface area contributed by atoms with Crippen LogP contribution in [0.15, 0.2) is 115 Å². The van der Waals surface area contributed by atoms with Crippen molar-refractivity contribution in [3.63, 3.8) is 0 Å². The summed E-state index contributed by atoms with van der Waals surface area (Å²) in [5.41, 5.74) is 8.48. The second-order valence-corrected chi connectivity index (χ2v) is 8.77. The molecule has 1 aliphatic rings. The van der Waals surface area contributed by atoms with Crippen LogP contribution in [0.25, 0.3) is 32.9 Å².